The van der Waals surface area contributed by atoms with Gasteiger partial charge in [-0.15, -0.1) is 0 Å². The molecular formula is C17H16N2O3S2. The molecule has 0 spiro atoms. The SMILES string of the molecule is CCN1/C(=C2/SC(=S)N(CC(=O)O)C2=O)C=Cc2cc(C)ccc21. The standard InChI is InChI=1S/C17H16N2O3S2/c1-3-18-12-6-4-10(2)8-11(12)5-7-13(18)15-16(22)19(9-14(20)21)17(23)24-15/h4-8H,3,9H2,1-2H3,(H,20,21)/b15-13+. The minimum absolute atomic E-state index is 0.282. The Balaban J connectivity index is 2.04. The van der Waals surface area contributed by atoms with Crippen LogP contribution in [0.4, 0.5) is 5.69 Å². The molecule has 1 amide bonds. The molecule has 2 aliphatic heterocycles. The lowest BCUT2D eigenvalue weighted by Gasteiger charge is -2.30. The van der Waals surface area contributed by atoms with Crippen LogP contribution in [-0.2, 0) is 9.59 Å². The van der Waals surface area contributed by atoms with Crippen molar-refractivity contribution in [2.45, 2.75) is 13.8 Å². The van der Waals surface area contributed by atoms with E-state index in [1.54, 1.807) is 0 Å². The molecular weight excluding hydrogens is 344 g/mol. The lowest BCUT2D eigenvalue weighted by atomic mass is 10.0. The highest BCUT2D eigenvalue weighted by atomic mass is 32.2. The number of aliphatic carboxylic acids is 1. The number of aryl methyl sites for hydroxylation is 1. The fraction of sp³-hybridized carbons (Fsp3) is 0.235. The van der Waals surface area contributed by atoms with Crippen molar-refractivity contribution in [3.8, 4) is 0 Å². The zero-order valence-corrected chi connectivity index (χ0v) is 14.9. The predicted molar refractivity (Wildman–Crippen MR) is 99.8 cm³/mol. The zero-order valence-electron chi connectivity index (χ0n) is 13.3. The van der Waals surface area contributed by atoms with E-state index < -0.39 is 12.5 Å². The molecule has 1 aromatic carbocycles. The van der Waals surface area contributed by atoms with Gasteiger partial charge in [0, 0.05) is 12.2 Å². The Morgan fingerprint density at radius 1 is 1.29 bits per heavy atom. The van der Waals surface area contributed by atoms with Gasteiger partial charge in [-0.1, -0.05) is 41.7 Å². The molecule has 3 rings (SSSR count). The monoisotopic (exact) mass is 360 g/mol. The van der Waals surface area contributed by atoms with E-state index in [1.165, 1.54) is 5.56 Å². The maximum atomic E-state index is 12.6. The third-order valence-electron chi connectivity index (χ3n) is 3.88. The van der Waals surface area contributed by atoms with Crippen LogP contribution in [0.1, 0.15) is 18.1 Å². The fourth-order valence-corrected chi connectivity index (χ4v) is 4.12. The molecule has 0 saturated carbocycles. The summed E-state index contributed by atoms with van der Waals surface area (Å²) in [6, 6.07) is 6.17. The van der Waals surface area contributed by atoms with Crippen LogP contribution in [-0.4, -0.2) is 39.3 Å². The predicted octanol–water partition coefficient (Wildman–Crippen LogP) is 3.00. The van der Waals surface area contributed by atoms with Crippen LogP contribution in [0.25, 0.3) is 6.08 Å². The van der Waals surface area contributed by atoms with E-state index in [2.05, 4.69) is 11.0 Å². The van der Waals surface area contributed by atoms with Crippen LogP contribution in [0.3, 0.4) is 0 Å². The topological polar surface area (TPSA) is 60.9 Å². The summed E-state index contributed by atoms with van der Waals surface area (Å²) in [5, 5.41) is 8.96. The fourth-order valence-electron chi connectivity index (χ4n) is 2.81. The summed E-state index contributed by atoms with van der Waals surface area (Å²) in [7, 11) is 0. The second-order valence-corrected chi connectivity index (χ2v) is 7.15. The van der Waals surface area contributed by atoms with Crippen molar-refractivity contribution in [1.82, 2.24) is 4.90 Å². The van der Waals surface area contributed by atoms with Crippen LogP contribution in [0.5, 0.6) is 0 Å². The molecule has 1 saturated heterocycles. The maximum absolute atomic E-state index is 12.6. The number of allylic oxidation sites excluding steroid dienone is 1. The molecule has 0 radical (unpaired) electrons. The number of nitrogens with zero attached hydrogens (tertiary/aromatic N) is 2. The second-order valence-electron chi connectivity index (χ2n) is 5.51. The number of hydrogen-bond acceptors (Lipinski definition) is 5. The number of carboxylic acid groups (broad SMARTS) is 1. The number of carbonyl (C=O) groups excluding carboxylic acids is 1. The van der Waals surface area contributed by atoms with Gasteiger partial charge >= 0.3 is 5.97 Å². The van der Waals surface area contributed by atoms with Crippen molar-refractivity contribution in [2.75, 3.05) is 18.0 Å². The van der Waals surface area contributed by atoms with Crippen molar-refractivity contribution >= 4 is 51.9 Å². The van der Waals surface area contributed by atoms with Crippen molar-refractivity contribution in [3.63, 3.8) is 0 Å². The summed E-state index contributed by atoms with van der Waals surface area (Å²) in [4.78, 5) is 27.2. The van der Waals surface area contributed by atoms with E-state index in [4.69, 9.17) is 17.3 Å². The Morgan fingerprint density at radius 2 is 2.04 bits per heavy atom. The number of hydrogen-bond donors (Lipinski definition) is 1. The van der Waals surface area contributed by atoms with E-state index in [-0.39, 0.29) is 10.2 Å². The summed E-state index contributed by atoms with van der Waals surface area (Å²) in [6.45, 7) is 4.34. The second kappa shape index (κ2) is 6.41. The summed E-state index contributed by atoms with van der Waals surface area (Å²) in [5.41, 5.74) is 4.07. The molecule has 124 valence electrons. The molecule has 0 atom stereocenters. The largest absolute Gasteiger partial charge is 0.480 e. The van der Waals surface area contributed by atoms with Gasteiger partial charge in [0.1, 0.15) is 15.8 Å². The first-order valence-electron chi connectivity index (χ1n) is 7.48. The summed E-state index contributed by atoms with van der Waals surface area (Å²) in [6.07, 6.45) is 3.88. The minimum atomic E-state index is -1.08. The van der Waals surface area contributed by atoms with E-state index in [1.807, 2.05) is 38.1 Å². The highest BCUT2D eigenvalue weighted by Gasteiger charge is 2.37. The van der Waals surface area contributed by atoms with Gasteiger partial charge in [-0.25, -0.2) is 0 Å². The zero-order chi connectivity index (χ0) is 17.4. The first kappa shape index (κ1) is 16.7. The molecule has 1 aromatic rings. The Morgan fingerprint density at radius 3 is 2.71 bits per heavy atom. The Kier molecular flexibility index (Phi) is 4.47. The van der Waals surface area contributed by atoms with Crippen molar-refractivity contribution in [1.29, 1.82) is 0 Å². The van der Waals surface area contributed by atoms with Crippen LogP contribution in [0.15, 0.2) is 34.9 Å². The minimum Gasteiger partial charge on any atom is -0.480 e. The molecule has 7 heteroatoms. The van der Waals surface area contributed by atoms with E-state index >= 15 is 0 Å². The number of thioether (sulfide) groups is 1. The number of amides is 1. The number of likely N-dealkylation sites (N-methyl/N-ethyl adjacent to an activating group) is 1. The van der Waals surface area contributed by atoms with Gasteiger partial charge in [-0.3, -0.25) is 14.5 Å². The highest BCUT2D eigenvalue weighted by Crippen LogP contribution is 2.39. The van der Waals surface area contributed by atoms with Gasteiger partial charge in [-0.2, -0.15) is 0 Å². The summed E-state index contributed by atoms with van der Waals surface area (Å²) in [5.74, 6) is -1.43. The highest BCUT2D eigenvalue weighted by molar-refractivity contribution is 8.26. The van der Waals surface area contributed by atoms with Crippen molar-refractivity contribution in [3.05, 3.63) is 46.0 Å². The summed E-state index contributed by atoms with van der Waals surface area (Å²) < 4.78 is 0.282. The van der Waals surface area contributed by atoms with Crippen LogP contribution in [0, 0.1) is 6.92 Å². The molecule has 1 N–H and O–H groups in total. The van der Waals surface area contributed by atoms with Gasteiger partial charge in [0.05, 0.1) is 5.70 Å². The summed E-state index contributed by atoms with van der Waals surface area (Å²) >= 11 is 6.34. The molecule has 0 bridgehead atoms. The number of fused-ring (bicyclic) bond motifs is 1. The van der Waals surface area contributed by atoms with Crippen molar-refractivity contribution < 1.29 is 14.7 Å². The first-order valence-corrected chi connectivity index (χ1v) is 8.71. The van der Waals surface area contributed by atoms with E-state index in [9.17, 15) is 9.59 Å². The molecule has 2 heterocycles. The number of rotatable bonds is 3. The van der Waals surface area contributed by atoms with E-state index in [0.717, 1.165) is 33.6 Å². The van der Waals surface area contributed by atoms with Crippen LogP contribution in [0.2, 0.25) is 0 Å². The van der Waals surface area contributed by atoms with Gasteiger partial charge in [-0.05, 0) is 37.6 Å². The third-order valence-corrected chi connectivity index (χ3v) is 5.33. The molecule has 1 fully saturated rings. The molecule has 0 aromatic heterocycles. The Hall–Kier alpha value is -2.12. The average molecular weight is 360 g/mol. The number of thiocarbonyl (C=S) groups is 1. The maximum Gasteiger partial charge on any atom is 0.323 e. The van der Waals surface area contributed by atoms with Gasteiger partial charge in [0.25, 0.3) is 5.91 Å². The number of benzene rings is 1. The smallest absolute Gasteiger partial charge is 0.323 e. The van der Waals surface area contributed by atoms with E-state index in [0.29, 0.717) is 11.4 Å². The molecule has 2 aliphatic rings. The lowest BCUT2D eigenvalue weighted by molar-refractivity contribution is -0.140. The molecule has 0 aliphatic carbocycles. The normalized spacial score (nSPS) is 19.9. The average Bonchev–Trinajstić information content (AvgIpc) is 2.81. The van der Waals surface area contributed by atoms with Gasteiger partial charge < -0.3 is 10.0 Å². The molecule has 5 nitrogen and oxygen atoms in total. The van der Waals surface area contributed by atoms with Crippen LogP contribution < -0.4 is 4.90 Å². The molecule has 0 unspecified atom stereocenters. The Labute approximate surface area is 149 Å². The number of anilines is 1. The number of carbonyl (C=O) groups is 2. The quantitative estimate of drug-likeness (QED) is 0.660. The van der Waals surface area contributed by atoms with Crippen LogP contribution >= 0.6 is 24.0 Å². The van der Waals surface area contributed by atoms with Gasteiger partial charge in [0.15, 0.2) is 0 Å². The first-order chi connectivity index (χ1) is 11.4. The Bertz CT molecular complexity index is 814. The van der Waals surface area contributed by atoms with Gasteiger partial charge in [0.2, 0.25) is 0 Å². The number of carboxylic acids is 1. The third kappa shape index (κ3) is 2.85. The molecule has 24 heavy (non-hydrogen) atoms. The van der Waals surface area contributed by atoms with Crippen molar-refractivity contribution in [2.24, 2.45) is 0 Å². The lowest BCUT2D eigenvalue weighted by Crippen LogP contribution is -2.34.